The lowest BCUT2D eigenvalue weighted by Crippen LogP contribution is -2.47. The predicted octanol–water partition coefficient (Wildman–Crippen LogP) is 2.62. The summed E-state index contributed by atoms with van der Waals surface area (Å²) in [5, 5.41) is 0. The van der Waals surface area contributed by atoms with Crippen molar-refractivity contribution >= 4 is 30.5 Å². The van der Waals surface area contributed by atoms with Crippen molar-refractivity contribution in [3.8, 4) is 0 Å². The highest BCUT2D eigenvalue weighted by molar-refractivity contribution is 5.85. The van der Waals surface area contributed by atoms with Crippen LogP contribution in [-0.4, -0.2) is 44.2 Å². The molecular weight excluding hydrogens is 293 g/mol. The van der Waals surface area contributed by atoms with E-state index in [0.717, 1.165) is 45.7 Å². The fourth-order valence-electron chi connectivity index (χ4n) is 2.61. The first-order valence-corrected chi connectivity index (χ1v) is 6.96. The summed E-state index contributed by atoms with van der Waals surface area (Å²) in [7, 11) is 0. The number of nitrogens with two attached hydrogens (primary N) is 1. The van der Waals surface area contributed by atoms with E-state index in [-0.39, 0.29) is 24.8 Å². The molecule has 0 unspecified atom stereocenters. The van der Waals surface area contributed by atoms with Gasteiger partial charge in [-0.2, -0.15) is 0 Å². The van der Waals surface area contributed by atoms with E-state index in [2.05, 4.69) is 41.8 Å². The van der Waals surface area contributed by atoms with Crippen LogP contribution in [0.2, 0.25) is 0 Å². The van der Waals surface area contributed by atoms with E-state index in [4.69, 9.17) is 5.73 Å². The van der Waals surface area contributed by atoms with Crippen LogP contribution in [0, 0.1) is 13.8 Å². The van der Waals surface area contributed by atoms with Gasteiger partial charge in [0.15, 0.2) is 0 Å². The minimum Gasteiger partial charge on any atom is -0.369 e. The number of halogens is 2. The van der Waals surface area contributed by atoms with Gasteiger partial charge >= 0.3 is 0 Å². The molecule has 1 aliphatic heterocycles. The summed E-state index contributed by atoms with van der Waals surface area (Å²) in [4.78, 5) is 5.04. The zero-order valence-corrected chi connectivity index (χ0v) is 14.1. The van der Waals surface area contributed by atoms with Gasteiger partial charge in [0.1, 0.15) is 0 Å². The predicted molar refractivity (Wildman–Crippen MR) is 92.7 cm³/mol. The Morgan fingerprint density at radius 2 is 1.70 bits per heavy atom. The third-order valence-electron chi connectivity index (χ3n) is 3.97. The lowest BCUT2D eigenvalue weighted by atomic mass is 10.1. The molecule has 1 aliphatic rings. The van der Waals surface area contributed by atoms with Crippen molar-refractivity contribution in [1.82, 2.24) is 4.90 Å². The van der Waals surface area contributed by atoms with Crippen molar-refractivity contribution in [2.75, 3.05) is 44.2 Å². The Morgan fingerprint density at radius 3 is 2.30 bits per heavy atom. The quantitative estimate of drug-likeness (QED) is 0.926. The number of hydrogen-bond donors (Lipinski definition) is 1. The maximum absolute atomic E-state index is 5.56. The summed E-state index contributed by atoms with van der Waals surface area (Å²) >= 11 is 0. The average Bonchev–Trinajstić information content (AvgIpc) is 2.40. The summed E-state index contributed by atoms with van der Waals surface area (Å²) in [6, 6.07) is 6.60. The van der Waals surface area contributed by atoms with Crippen molar-refractivity contribution in [3.05, 3.63) is 29.3 Å². The molecule has 1 saturated heterocycles. The Kier molecular flexibility index (Phi) is 9.23. The van der Waals surface area contributed by atoms with Crippen LogP contribution < -0.4 is 10.6 Å². The minimum atomic E-state index is 0. The van der Waals surface area contributed by atoms with E-state index in [1.807, 2.05) is 0 Å². The minimum absolute atomic E-state index is 0. The van der Waals surface area contributed by atoms with Gasteiger partial charge in [0.05, 0.1) is 0 Å². The molecule has 0 amide bonds. The van der Waals surface area contributed by atoms with Gasteiger partial charge in [-0.25, -0.2) is 0 Å². The maximum atomic E-state index is 5.56. The van der Waals surface area contributed by atoms with Crippen LogP contribution in [0.15, 0.2) is 18.2 Å². The lowest BCUT2D eigenvalue weighted by Gasteiger charge is -2.37. The molecule has 20 heavy (non-hydrogen) atoms. The smallest absolute Gasteiger partial charge is 0.0399 e. The Morgan fingerprint density at radius 1 is 1.05 bits per heavy atom. The number of hydrogen-bond acceptors (Lipinski definition) is 3. The Hall–Kier alpha value is -0.480. The molecule has 1 aromatic rings. The number of anilines is 1. The molecule has 3 nitrogen and oxygen atoms in total. The van der Waals surface area contributed by atoms with E-state index in [1.165, 1.54) is 16.8 Å². The van der Waals surface area contributed by atoms with Gasteiger partial charge in [0, 0.05) is 31.9 Å². The molecule has 0 atom stereocenters. The van der Waals surface area contributed by atoms with Crippen LogP contribution in [0.1, 0.15) is 17.5 Å². The maximum Gasteiger partial charge on any atom is 0.0399 e. The van der Waals surface area contributed by atoms with Crippen molar-refractivity contribution in [2.45, 2.75) is 20.3 Å². The van der Waals surface area contributed by atoms with E-state index in [9.17, 15) is 0 Å². The molecule has 1 fully saturated rings. The highest BCUT2D eigenvalue weighted by Crippen LogP contribution is 2.23. The monoisotopic (exact) mass is 319 g/mol. The summed E-state index contributed by atoms with van der Waals surface area (Å²) in [6.45, 7) is 11.0. The molecule has 0 aliphatic carbocycles. The summed E-state index contributed by atoms with van der Waals surface area (Å²) in [6.07, 6.45) is 1.11. The number of piperazine rings is 1. The third kappa shape index (κ3) is 4.81. The van der Waals surface area contributed by atoms with Crippen LogP contribution in [-0.2, 0) is 0 Å². The van der Waals surface area contributed by atoms with E-state index in [0.29, 0.717) is 0 Å². The highest BCUT2D eigenvalue weighted by Gasteiger charge is 2.17. The third-order valence-corrected chi connectivity index (χ3v) is 3.97. The summed E-state index contributed by atoms with van der Waals surface area (Å²) in [5.74, 6) is 0. The van der Waals surface area contributed by atoms with Gasteiger partial charge in [0.2, 0.25) is 0 Å². The van der Waals surface area contributed by atoms with Crippen molar-refractivity contribution in [3.63, 3.8) is 0 Å². The molecular formula is C15H27Cl2N3. The molecule has 1 aromatic carbocycles. The van der Waals surface area contributed by atoms with Crippen LogP contribution in [0.3, 0.4) is 0 Å². The van der Waals surface area contributed by atoms with Gasteiger partial charge in [0.25, 0.3) is 0 Å². The molecule has 0 saturated carbocycles. The second-order valence-electron chi connectivity index (χ2n) is 5.19. The SMILES string of the molecule is Cc1cccc(N2CCN(CCCN)CC2)c1C.Cl.Cl. The topological polar surface area (TPSA) is 32.5 Å². The van der Waals surface area contributed by atoms with Crippen molar-refractivity contribution in [2.24, 2.45) is 5.73 Å². The zero-order valence-electron chi connectivity index (χ0n) is 12.5. The van der Waals surface area contributed by atoms with Crippen molar-refractivity contribution < 1.29 is 0 Å². The number of nitrogens with zero attached hydrogens (tertiary/aromatic N) is 2. The second-order valence-corrected chi connectivity index (χ2v) is 5.19. The normalized spacial score (nSPS) is 15.4. The van der Waals surface area contributed by atoms with Crippen LogP contribution in [0.5, 0.6) is 0 Å². The molecule has 0 radical (unpaired) electrons. The molecule has 0 bridgehead atoms. The average molecular weight is 320 g/mol. The standard InChI is InChI=1S/C15H25N3.2ClH/c1-13-5-3-6-15(14(13)2)18-11-9-17(10-12-18)8-4-7-16;;/h3,5-6H,4,7-12,16H2,1-2H3;2*1H. The Bertz CT molecular complexity index is 391. The first kappa shape index (κ1) is 19.5. The largest absolute Gasteiger partial charge is 0.369 e. The van der Waals surface area contributed by atoms with Gasteiger partial charge < -0.3 is 10.6 Å². The molecule has 2 N–H and O–H groups in total. The van der Waals surface area contributed by atoms with Gasteiger partial charge in [-0.05, 0) is 50.6 Å². The van der Waals surface area contributed by atoms with Gasteiger partial charge in [-0.15, -0.1) is 24.8 Å². The zero-order chi connectivity index (χ0) is 13.0. The fourth-order valence-corrected chi connectivity index (χ4v) is 2.61. The van der Waals surface area contributed by atoms with E-state index >= 15 is 0 Å². The van der Waals surface area contributed by atoms with E-state index < -0.39 is 0 Å². The van der Waals surface area contributed by atoms with Gasteiger partial charge in [-0.1, -0.05) is 12.1 Å². The fraction of sp³-hybridized carbons (Fsp3) is 0.600. The second kappa shape index (κ2) is 9.46. The van der Waals surface area contributed by atoms with Gasteiger partial charge in [-0.3, -0.25) is 4.90 Å². The Labute approximate surface area is 135 Å². The van der Waals surface area contributed by atoms with Crippen molar-refractivity contribution in [1.29, 1.82) is 0 Å². The molecule has 116 valence electrons. The molecule has 5 heteroatoms. The highest BCUT2D eigenvalue weighted by atomic mass is 35.5. The van der Waals surface area contributed by atoms with Crippen LogP contribution in [0.25, 0.3) is 0 Å². The first-order valence-electron chi connectivity index (χ1n) is 6.96. The molecule has 1 heterocycles. The lowest BCUT2D eigenvalue weighted by molar-refractivity contribution is 0.256. The summed E-state index contributed by atoms with van der Waals surface area (Å²) < 4.78 is 0. The molecule has 2 rings (SSSR count). The summed E-state index contributed by atoms with van der Waals surface area (Å²) in [5.41, 5.74) is 9.79. The number of aryl methyl sites for hydroxylation is 1. The number of rotatable bonds is 4. The van der Waals surface area contributed by atoms with Crippen LogP contribution in [0.4, 0.5) is 5.69 Å². The molecule has 0 spiro atoms. The Balaban J connectivity index is 0.00000180. The van der Waals surface area contributed by atoms with Crippen LogP contribution >= 0.6 is 24.8 Å². The first-order chi connectivity index (χ1) is 8.72. The molecule has 0 aromatic heterocycles. The number of benzene rings is 1. The van der Waals surface area contributed by atoms with E-state index in [1.54, 1.807) is 0 Å².